The molecule has 2 aromatic carbocycles. The van der Waals surface area contributed by atoms with Crippen molar-refractivity contribution in [2.75, 3.05) is 13.1 Å². The summed E-state index contributed by atoms with van der Waals surface area (Å²) < 4.78 is 0. The van der Waals surface area contributed by atoms with E-state index in [1.165, 1.54) is 11.1 Å². The third-order valence-corrected chi connectivity index (χ3v) is 3.84. The Hall–Kier alpha value is -2.33. The summed E-state index contributed by atoms with van der Waals surface area (Å²) in [5.74, 6) is 0.704. The minimum atomic E-state index is -0.958. The zero-order valence-electron chi connectivity index (χ0n) is 14.7. The van der Waals surface area contributed by atoms with Gasteiger partial charge in [-0.2, -0.15) is 0 Å². The summed E-state index contributed by atoms with van der Waals surface area (Å²) in [6, 6.07) is 18.0. The second-order valence-electron chi connectivity index (χ2n) is 6.18. The monoisotopic (exact) mass is 325 g/mol. The van der Waals surface area contributed by atoms with Gasteiger partial charge < -0.3 is 15.7 Å². The van der Waals surface area contributed by atoms with Gasteiger partial charge in [0.15, 0.2) is 5.96 Å². The van der Waals surface area contributed by atoms with Gasteiger partial charge in [0.05, 0.1) is 13.1 Å². The van der Waals surface area contributed by atoms with E-state index < -0.39 is 5.60 Å². The molecule has 0 aliphatic heterocycles. The second kappa shape index (κ2) is 8.50. The van der Waals surface area contributed by atoms with E-state index in [2.05, 4.69) is 40.7 Å². The molecular weight excluding hydrogens is 298 g/mol. The van der Waals surface area contributed by atoms with Gasteiger partial charge in [-0.05, 0) is 31.9 Å². The third-order valence-electron chi connectivity index (χ3n) is 3.84. The van der Waals surface area contributed by atoms with Crippen molar-refractivity contribution in [3.8, 4) is 0 Å². The highest BCUT2D eigenvalue weighted by Crippen LogP contribution is 2.18. The van der Waals surface area contributed by atoms with Crippen LogP contribution in [0.25, 0.3) is 0 Å². The lowest BCUT2D eigenvalue weighted by molar-refractivity contribution is 0.0617. The van der Waals surface area contributed by atoms with Gasteiger partial charge in [0.2, 0.25) is 0 Å². The van der Waals surface area contributed by atoms with Gasteiger partial charge >= 0.3 is 0 Å². The van der Waals surface area contributed by atoms with Gasteiger partial charge in [-0.15, -0.1) is 0 Å². The molecule has 3 N–H and O–H groups in total. The molecule has 128 valence electrons. The Kier molecular flexibility index (Phi) is 6.38. The lowest BCUT2D eigenvalue weighted by atomic mass is 9.96. The molecule has 4 nitrogen and oxygen atoms in total. The highest BCUT2D eigenvalue weighted by molar-refractivity contribution is 5.79. The van der Waals surface area contributed by atoms with Crippen LogP contribution in [0.4, 0.5) is 0 Å². The molecule has 2 rings (SSSR count). The number of nitrogens with zero attached hydrogens (tertiary/aromatic N) is 1. The Morgan fingerprint density at radius 1 is 1.08 bits per heavy atom. The largest absolute Gasteiger partial charge is 0.384 e. The predicted octanol–water partition coefficient (Wildman–Crippen LogP) is 2.96. The zero-order valence-corrected chi connectivity index (χ0v) is 14.7. The molecule has 0 radical (unpaired) electrons. The predicted molar refractivity (Wildman–Crippen MR) is 100 cm³/mol. The molecule has 1 unspecified atom stereocenters. The first-order valence-electron chi connectivity index (χ1n) is 8.37. The summed E-state index contributed by atoms with van der Waals surface area (Å²) >= 11 is 0. The standard InChI is InChI=1S/C20H27N3O/c1-4-21-19(22-14-17-10-8-9-16(2)13-17)23-15-20(3,24)18-11-6-5-7-12-18/h5-13,24H,4,14-15H2,1-3H3,(H2,21,22,23). The summed E-state index contributed by atoms with van der Waals surface area (Å²) in [5.41, 5.74) is 2.32. The van der Waals surface area contributed by atoms with Gasteiger partial charge in [0.1, 0.15) is 5.60 Å². The van der Waals surface area contributed by atoms with Crippen LogP contribution in [0.15, 0.2) is 59.6 Å². The van der Waals surface area contributed by atoms with Crippen molar-refractivity contribution in [3.63, 3.8) is 0 Å². The van der Waals surface area contributed by atoms with E-state index in [-0.39, 0.29) is 0 Å². The van der Waals surface area contributed by atoms with Crippen LogP contribution in [-0.2, 0) is 12.1 Å². The van der Waals surface area contributed by atoms with Crippen molar-refractivity contribution in [2.45, 2.75) is 32.9 Å². The van der Waals surface area contributed by atoms with Crippen LogP contribution in [0.3, 0.4) is 0 Å². The normalized spacial score (nSPS) is 14.1. The first-order valence-corrected chi connectivity index (χ1v) is 8.37. The zero-order chi connectivity index (χ0) is 17.4. The van der Waals surface area contributed by atoms with Crippen molar-refractivity contribution in [3.05, 3.63) is 71.3 Å². The number of hydrogen-bond acceptors (Lipinski definition) is 2. The van der Waals surface area contributed by atoms with Gasteiger partial charge in [-0.1, -0.05) is 60.2 Å². The Morgan fingerprint density at radius 3 is 2.50 bits per heavy atom. The van der Waals surface area contributed by atoms with E-state index >= 15 is 0 Å². The summed E-state index contributed by atoms with van der Waals surface area (Å²) in [5, 5.41) is 17.1. The van der Waals surface area contributed by atoms with E-state index in [0.717, 1.165) is 12.1 Å². The summed E-state index contributed by atoms with van der Waals surface area (Å²) in [4.78, 5) is 4.60. The van der Waals surface area contributed by atoms with Crippen LogP contribution in [0, 0.1) is 6.92 Å². The SMILES string of the molecule is CCNC(=NCc1cccc(C)c1)NCC(C)(O)c1ccccc1. The number of aryl methyl sites for hydroxylation is 1. The molecule has 0 saturated carbocycles. The van der Waals surface area contributed by atoms with E-state index in [9.17, 15) is 5.11 Å². The van der Waals surface area contributed by atoms with Gasteiger partial charge in [-0.25, -0.2) is 4.99 Å². The lowest BCUT2D eigenvalue weighted by Gasteiger charge is -2.25. The Bertz CT molecular complexity index is 666. The number of guanidine groups is 1. The average Bonchev–Trinajstić information content (AvgIpc) is 2.58. The number of rotatable bonds is 6. The maximum absolute atomic E-state index is 10.7. The van der Waals surface area contributed by atoms with Crippen LogP contribution in [-0.4, -0.2) is 24.2 Å². The van der Waals surface area contributed by atoms with E-state index in [4.69, 9.17) is 0 Å². The fourth-order valence-corrected chi connectivity index (χ4v) is 2.48. The molecule has 0 aliphatic carbocycles. The minimum absolute atomic E-state index is 0.386. The highest BCUT2D eigenvalue weighted by Gasteiger charge is 2.22. The van der Waals surface area contributed by atoms with Crippen LogP contribution in [0.5, 0.6) is 0 Å². The molecule has 4 heteroatoms. The molecule has 0 spiro atoms. The smallest absolute Gasteiger partial charge is 0.191 e. The number of hydrogen-bond donors (Lipinski definition) is 3. The first kappa shape index (κ1) is 18.0. The first-order chi connectivity index (χ1) is 11.5. The highest BCUT2D eigenvalue weighted by atomic mass is 16.3. The molecule has 0 aromatic heterocycles. The topological polar surface area (TPSA) is 56.7 Å². The Morgan fingerprint density at radius 2 is 1.83 bits per heavy atom. The fraction of sp³-hybridized carbons (Fsp3) is 0.350. The van der Waals surface area contributed by atoms with E-state index in [1.54, 1.807) is 6.92 Å². The summed E-state index contributed by atoms with van der Waals surface area (Å²) in [6.45, 7) is 7.67. The van der Waals surface area contributed by atoms with Gasteiger partial charge in [0, 0.05) is 6.54 Å². The molecule has 0 heterocycles. The molecule has 0 fully saturated rings. The number of benzene rings is 2. The second-order valence-corrected chi connectivity index (χ2v) is 6.18. The minimum Gasteiger partial charge on any atom is -0.384 e. The fourth-order valence-electron chi connectivity index (χ4n) is 2.48. The van der Waals surface area contributed by atoms with Crippen LogP contribution in [0.1, 0.15) is 30.5 Å². The molecular formula is C20H27N3O. The maximum Gasteiger partial charge on any atom is 0.191 e. The molecule has 1 atom stereocenters. The lowest BCUT2D eigenvalue weighted by Crippen LogP contribution is -2.44. The average molecular weight is 325 g/mol. The number of aliphatic hydroxyl groups is 1. The molecule has 0 bridgehead atoms. The van der Waals surface area contributed by atoms with Crippen molar-refractivity contribution < 1.29 is 5.11 Å². The Balaban J connectivity index is 2.01. The number of aliphatic imine (C=N–C) groups is 1. The van der Waals surface area contributed by atoms with Crippen LogP contribution >= 0.6 is 0 Å². The number of nitrogens with one attached hydrogen (secondary N) is 2. The van der Waals surface area contributed by atoms with Gasteiger partial charge in [-0.3, -0.25) is 0 Å². The van der Waals surface area contributed by atoms with Crippen molar-refractivity contribution in [1.82, 2.24) is 10.6 Å². The maximum atomic E-state index is 10.7. The third kappa shape index (κ3) is 5.39. The van der Waals surface area contributed by atoms with Crippen LogP contribution < -0.4 is 10.6 Å². The Labute approximate surface area is 144 Å². The molecule has 0 aliphatic rings. The van der Waals surface area contributed by atoms with Gasteiger partial charge in [0.25, 0.3) is 0 Å². The molecule has 0 saturated heterocycles. The van der Waals surface area contributed by atoms with E-state index in [1.807, 2.05) is 43.3 Å². The summed E-state index contributed by atoms with van der Waals surface area (Å²) in [7, 11) is 0. The van der Waals surface area contributed by atoms with Crippen molar-refractivity contribution in [1.29, 1.82) is 0 Å². The van der Waals surface area contributed by atoms with Crippen molar-refractivity contribution in [2.24, 2.45) is 4.99 Å². The quantitative estimate of drug-likeness (QED) is 0.565. The van der Waals surface area contributed by atoms with E-state index in [0.29, 0.717) is 19.0 Å². The molecule has 2 aromatic rings. The van der Waals surface area contributed by atoms with Crippen molar-refractivity contribution >= 4 is 5.96 Å². The molecule has 24 heavy (non-hydrogen) atoms. The summed E-state index contributed by atoms with van der Waals surface area (Å²) in [6.07, 6.45) is 0. The van der Waals surface area contributed by atoms with Crippen LogP contribution in [0.2, 0.25) is 0 Å². The molecule has 0 amide bonds.